The van der Waals surface area contributed by atoms with Crippen LogP contribution in [0.2, 0.25) is 0 Å². The molecule has 0 fully saturated rings. The predicted octanol–water partition coefficient (Wildman–Crippen LogP) is 4.98. The van der Waals surface area contributed by atoms with Crippen LogP contribution in [-0.2, 0) is 9.53 Å². The Balaban J connectivity index is 2.12. The van der Waals surface area contributed by atoms with Gasteiger partial charge in [-0.2, -0.15) is 13.2 Å². The largest absolute Gasteiger partial charge is 0.448 e. The first-order valence-corrected chi connectivity index (χ1v) is 7.43. The Morgan fingerprint density at radius 2 is 1.54 bits per heavy atom. The molecule has 0 amide bonds. The van der Waals surface area contributed by atoms with Crippen LogP contribution in [0, 0.1) is 0 Å². The van der Waals surface area contributed by atoms with Gasteiger partial charge in [0.15, 0.2) is 0 Å². The second kappa shape index (κ2) is 7.81. The minimum atomic E-state index is -4.67. The van der Waals surface area contributed by atoms with Crippen LogP contribution in [0.4, 0.5) is 13.2 Å². The van der Waals surface area contributed by atoms with E-state index in [-0.39, 0.29) is 0 Å². The smallest absolute Gasteiger partial charge is 0.429 e. The molecule has 2 nitrogen and oxygen atoms in total. The van der Waals surface area contributed by atoms with Crippen LogP contribution in [0.1, 0.15) is 24.0 Å². The second-order valence-corrected chi connectivity index (χ2v) is 5.30. The summed E-state index contributed by atoms with van der Waals surface area (Å²) in [5.41, 5.74) is 1.20. The van der Waals surface area contributed by atoms with E-state index in [0.29, 0.717) is 11.1 Å². The van der Waals surface area contributed by atoms with Crippen molar-refractivity contribution in [1.82, 2.24) is 0 Å². The van der Waals surface area contributed by atoms with Crippen LogP contribution in [-0.4, -0.2) is 18.2 Å². The van der Waals surface area contributed by atoms with Crippen LogP contribution in [0.5, 0.6) is 0 Å². The van der Waals surface area contributed by atoms with Crippen LogP contribution in [0.25, 0.3) is 6.08 Å². The molecule has 2 rings (SSSR count). The summed E-state index contributed by atoms with van der Waals surface area (Å²) in [7, 11) is 0. The molecule has 2 atom stereocenters. The maximum atomic E-state index is 13.1. The minimum Gasteiger partial charge on any atom is -0.448 e. The van der Waals surface area contributed by atoms with Gasteiger partial charge in [-0.25, -0.2) is 0 Å². The summed E-state index contributed by atoms with van der Waals surface area (Å²) >= 11 is 0. The molecular weight excluding hydrogens is 317 g/mol. The molecule has 0 aromatic heterocycles. The zero-order valence-corrected chi connectivity index (χ0v) is 13.0. The highest BCUT2D eigenvalue weighted by molar-refractivity contribution is 5.78. The van der Waals surface area contributed by atoms with E-state index in [9.17, 15) is 18.0 Å². The van der Waals surface area contributed by atoms with Gasteiger partial charge in [-0.3, -0.25) is 4.79 Å². The number of alkyl halides is 3. The number of carbonyl (C=O) groups excluding carboxylic acids is 1. The summed E-state index contributed by atoms with van der Waals surface area (Å²) in [6.07, 6.45) is -4.81. The van der Waals surface area contributed by atoms with E-state index in [4.69, 9.17) is 4.74 Å². The van der Waals surface area contributed by atoms with Gasteiger partial charge in [0.05, 0.1) is 5.92 Å². The van der Waals surface area contributed by atoms with Gasteiger partial charge < -0.3 is 4.74 Å². The fraction of sp³-hybridized carbons (Fsp3) is 0.211. The molecule has 0 aliphatic rings. The van der Waals surface area contributed by atoms with Gasteiger partial charge in [-0.1, -0.05) is 66.7 Å². The van der Waals surface area contributed by atoms with Crippen molar-refractivity contribution in [2.45, 2.75) is 25.1 Å². The highest BCUT2D eigenvalue weighted by atomic mass is 19.4. The summed E-state index contributed by atoms with van der Waals surface area (Å²) < 4.78 is 44.1. The Bertz CT molecular complexity index is 679. The van der Waals surface area contributed by atoms with Crippen molar-refractivity contribution in [2.75, 3.05) is 0 Å². The number of ether oxygens (including phenoxy) is 1. The van der Waals surface area contributed by atoms with Gasteiger partial charge in [0, 0.05) is 0 Å². The monoisotopic (exact) mass is 334 g/mol. The maximum absolute atomic E-state index is 13.1. The lowest BCUT2D eigenvalue weighted by Crippen LogP contribution is -2.33. The van der Waals surface area contributed by atoms with Crippen molar-refractivity contribution in [1.29, 1.82) is 0 Å². The quantitative estimate of drug-likeness (QED) is 0.721. The van der Waals surface area contributed by atoms with E-state index < -0.39 is 24.2 Å². The molecule has 0 unspecified atom stereocenters. The standard InChI is InChI=1S/C19H17F3O2/c1-14(16-10-6-3-7-11-16)18(23)24-17(19(20,21)22)13-12-15-8-4-2-5-9-15/h2-14,17H,1H3/b13-12+/t14-,17-/m0/s1. The van der Waals surface area contributed by atoms with Crippen molar-refractivity contribution < 1.29 is 22.7 Å². The SMILES string of the molecule is C[C@H](C(=O)O[C@@H](/C=C/c1ccccc1)C(F)(F)F)c1ccccc1. The third kappa shape index (κ3) is 4.98. The average molecular weight is 334 g/mol. The number of hydrogen-bond acceptors (Lipinski definition) is 2. The lowest BCUT2D eigenvalue weighted by Gasteiger charge is -2.20. The lowest BCUT2D eigenvalue weighted by molar-refractivity contribution is -0.208. The Morgan fingerprint density at radius 1 is 1.00 bits per heavy atom. The van der Waals surface area contributed by atoms with Crippen LogP contribution in [0.15, 0.2) is 66.7 Å². The third-order valence-corrected chi connectivity index (χ3v) is 3.48. The van der Waals surface area contributed by atoms with Gasteiger partial charge in [0.2, 0.25) is 6.10 Å². The van der Waals surface area contributed by atoms with Crippen molar-refractivity contribution in [3.63, 3.8) is 0 Å². The molecule has 5 heteroatoms. The lowest BCUT2D eigenvalue weighted by atomic mass is 10.0. The summed E-state index contributed by atoms with van der Waals surface area (Å²) in [6.45, 7) is 1.52. The first-order chi connectivity index (χ1) is 11.4. The molecule has 0 saturated heterocycles. The molecule has 0 spiro atoms. The Hall–Kier alpha value is -2.56. The van der Waals surface area contributed by atoms with E-state index in [1.165, 1.54) is 13.0 Å². The number of rotatable bonds is 5. The summed E-state index contributed by atoms with van der Waals surface area (Å²) in [6, 6.07) is 17.1. The number of hydrogen-bond donors (Lipinski definition) is 0. The van der Waals surface area contributed by atoms with E-state index >= 15 is 0 Å². The Kier molecular flexibility index (Phi) is 5.79. The van der Waals surface area contributed by atoms with Gasteiger partial charge >= 0.3 is 12.1 Å². The molecule has 0 N–H and O–H groups in total. The van der Waals surface area contributed by atoms with E-state index in [1.807, 2.05) is 0 Å². The molecule has 2 aromatic rings. The maximum Gasteiger partial charge on any atom is 0.429 e. The zero-order chi connectivity index (χ0) is 17.6. The minimum absolute atomic E-state index is 0.596. The first-order valence-electron chi connectivity index (χ1n) is 7.43. The van der Waals surface area contributed by atoms with Gasteiger partial charge in [0.1, 0.15) is 0 Å². The van der Waals surface area contributed by atoms with Crippen molar-refractivity contribution in [3.8, 4) is 0 Å². The molecule has 0 radical (unpaired) electrons. The normalized spacial score (nSPS) is 14.3. The summed E-state index contributed by atoms with van der Waals surface area (Å²) in [4.78, 5) is 12.1. The molecule has 0 bridgehead atoms. The Labute approximate surface area is 138 Å². The van der Waals surface area contributed by atoms with E-state index in [0.717, 1.165) is 6.08 Å². The van der Waals surface area contributed by atoms with Gasteiger partial charge in [-0.15, -0.1) is 0 Å². The first kappa shape index (κ1) is 17.8. The molecule has 2 aromatic carbocycles. The molecule has 0 heterocycles. The zero-order valence-electron chi connectivity index (χ0n) is 13.0. The van der Waals surface area contributed by atoms with Crippen molar-refractivity contribution in [2.24, 2.45) is 0 Å². The fourth-order valence-corrected chi connectivity index (χ4v) is 2.08. The van der Waals surface area contributed by atoms with Crippen molar-refractivity contribution in [3.05, 3.63) is 77.9 Å². The van der Waals surface area contributed by atoms with E-state index in [1.54, 1.807) is 60.7 Å². The predicted molar refractivity (Wildman–Crippen MR) is 86.3 cm³/mol. The van der Waals surface area contributed by atoms with E-state index in [2.05, 4.69) is 0 Å². The number of benzene rings is 2. The van der Waals surface area contributed by atoms with Crippen LogP contribution in [0.3, 0.4) is 0 Å². The highest BCUT2D eigenvalue weighted by Crippen LogP contribution is 2.27. The fourth-order valence-electron chi connectivity index (χ4n) is 2.08. The molecule has 0 aliphatic carbocycles. The number of halogens is 3. The second-order valence-electron chi connectivity index (χ2n) is 5.30. The summed E-state index contributed by atoms with van der Waals surface area (Å²) in [5.74, 6) is -1.69. The molecule has 24 heavy (non-hydrogen) atoms. The number of carbonyl (C=O) groups is 1. The van der Waals surface area contributed by atoms with Crippen LogP contribution >= 0.6 is 0 Å². The van der Waals surface area contributed by atoms with Crippen molar-refractivity contribution >= 4 is 12.0 Å². The molecule has 0 saturated carbocycles. The molecule has 0 aliphatic heterocycles. The highest BCUT2D eigenvalue weighted by Gasteiger charge is 2.41. The third-order valence-electron chi connectivity index (χ3n) is 3.48. The van der Waals surface area contributed by atoms with Gasteiger partial charge in [-0.05, 0) is 24.1 Å². The molecule has 126 valence electrons. The summed E-state index contributed by atoms with van der Waals surface area (Å²) in [5, 5.41) is 0. The molecular formula is C19H17F3O2. The Morgan fingerprint density at radius 3 is 2.08 bits per heavy atom. The van der Waals surface area contributed by atoms with Crippen LogP contribution < -0.4 is 0 Å². The number of esters is 1. The van der Waals surface area contributed by atoms with Gasteiger partial charge in [0.25, 0.3) is 0 Å². The average Bonchev–Trinajstić information content (AvgIpc) is 2.58. The topological polar surface area (TPSA) is 26.3 Å².